The van der Waals surface area contributed by atoms with Crippen LogP contribution in [-0.4, -0.2) is 11.7 Å². The molecule has 2 fully saturated rings. The quantitative estimate of drug-likeness (QED) is 0.645. The van der Waals surface area contributed by atoms with E-state index in [0.29, 0.717) is 12.5 Å². The van der Waals surface area contributed by atoms with Crippen molar-refractivity contribution in [1.82, 2.24) is 0 Å². The van der Waals surface area contributed by atoms with E-state index in [-0.39, 0.29) is 0 Å². The molecule has 1 N–H and O–H groups in total. The molecule has 0 aromatic heterocycles. The Morgan fingerprint density at radius 3 is 2.18 bits per heavy atom. The van der Waals surface area contributed by atoms with Crippen molar-refractivity contribution in [3.05, 3.63) is 0 Å². The lowest BCUT2D eigenvalue weighted by Crippen LogP contribution is -2.19. The minimum atomic E-state index is 0.442. The average molecular weight is 154 g/mol. The van der Waals surface area contributed by atoms with Gasteiger partial charge in [-0.15, -0.1) is 0 Å². The zero-order chi connectivity index (χ0) is 7.84. The maximum absolute atomic E-state index is 9.05. The van der Waals surface area contributed by atoms with Crippen molar-refractivity contribution in [3.63, 3.8) is 0 Å². The molecule has 2 rings (SSSR count). The van der Waals surface area contributed by atoms with Gasteiger partial charge in [-0.3, -0.25) is 0 Å². The van der Waals surface area contributed by atoms with E-state index in [1.807, 2.05) is 0 Å². The lowest BCUT2D eigenvalue weighted by molar-refractivity contribution is 0.155. The Balaban J connectivity index is 1.97. The second kappa shape index (κ2) is 2.78. The van der Waals surface area contributed by atoms with Gasteiger partial charge in [-0.25, -0.2) is 0 Å². The summed E-state index contributed by atoms with van der Waals surface area (Å²) < 4.78 is 0. The summed E-state index contributed by atoms with van der Waals surface area (Å²) in [4.78, 5) is 0. The predicted octanol–water partition coefficient (Wildman–Crippen LogP) is 2.05. The summed E-state index contributed by atoms with van der Waals surface area (Å²) in [5, 5.41) is 9.05. The molecule has 2 bridgehead atoms. The molecule has 0 aromatic rings. The monoisotopic (exact) mass is 154 g/mol. The Morgan fingerprint density at radius 1 is 1.09 bits per heavy atom. The molecule has 0 amide bonds. The van der Waals surface area contributed by atoms with Crippen LogP contribution in [0.25, 0.3) is 0 Å². The summed E-state index contributed by atoms with van der Waals surface area (Å²) in [6.07, 6.45) is 5.51. The van der Waals surface area contributed by atoms with Gasteiger partial charge in [-0.1, -0.05) is 13.3 Å². The lowest BCUT2D eigenvalue weighted by atomic mass is 9.81. The van der Waals surface area contributed by atoms with Crippen LogP contribution < -0.4 is 0 Å². The highest BCUT2D eigenvalue weighted by molar-refractivity contribution is 4.94. The molecule has 0 unspecified atom stereocenters. The number of aliphatic hydroxyl groups is 1. The second-order valence-corrected chi connectivity index (χ2v) is 4.34. The summed E-state index contributed by atoms with van der Waals surface area (Å²) in [7, 11) is 0. The number of aliphatic hydroxyl groups excluding tert-OH is 1. The molecule has 4 atom stereocenters. The molecule has 0 aliphatic heterocycles. The summed E-state index contributed by atoms with van der Waals surface area (Å²) in [6.45, 7) is 2.75. The molecule has 2 aliphatic carbocycles. The number of fused-ring (bicyclic) bond motifs is 2. The topological polar surface area (TPSA) is 20.2 Å². The molecule has 0 spiro atoms. The van der Waals surface area contributed by atoms with Gasteiger partial charge in [0.05, 0.1) is 0 Å². The molecule has 0 saturated heterocycles. The van der Waals surface area contributed by atoms with E-state index in [4.69, 9.17) is 5.11 Å². The van der Waals surface area contributed by atoms with Crippen LogP contribution in [0.2, 0.25) is 0 Å². The molecule has 2 saturated carbocycles. The predicted molar refractivity (Wildman–Crippen MR) is 45.2 cm³/mol. The minimum absolute atomic E-state index is 0.442. The van der Waals surface area contributed by atoms with E-state index in [0.717, 1.165) is 17.8 Å². The third kappa shape index (κ3) is 1.10. The standard InChI is InChI=1S/C10H18O/c1-2-7-3-9-4-8(7)5-10(9)6-11/h7-11H,2-6H2,1H3/t7-,8+,9-,10-/m0/s1. The van der Waals surface area contributed by atoms with Gasteiger partial charge in [-0.05, 0) is 42.9 Å². The van der Waals surface area contributed by atoms with E-state index >= 15 is 0 Å². The highest BCUT2D eigenvalue weighted by atomic mass is 16.3. The van der Waals surface area contributed by atoms with Gasteiger partial charge in [-0.2, -0.15) is 0 Å². The summed E-state index contributed by atoms with van der Waals surface area (Å²) >= 11 is 0. The van der Waals surface area contributed by atoms with E-state index in [1.54, 1.807) is 0 Å². The highest BCUT2D eigenvalue weighted by Gasteiger charge is 2.44. The fourth-order valence-electron chi connectivity index (χ4n) is 3.24. The molecule has 0 heterocycles. The maximum Gasteiger partial charge on any atom is 0.0462 e. The number of hydrogen-bond acceptors (Lipinski definition) is 1. The van der Waals surface area contributed by atoms with Gasteiger partial charge >= 0.3 is 0 Å². The molecular weight excluding hydrogens is 136 g/mol. The fraction of sp³-hybridized carbons (Fsp3) is 1.00. The molecule has 1 heteroatoms. The third-order valence-corrected chi connectivity index (χ3v) is 3.91. The van der Waals surface area contributed by atoms with E-state index in [2.05, 4.69) is 6.92 Å². The Hall–Kier alpha value is -0.0400. The highest BCUT2D eigenvalue weighted by Crippen LogP contribution is 2.52. The van der Waals surface area contributed by atoms with Crippen LogP contribution in [0, 0.1) is 23.7 Å². The van der Waals surface area contributed by atoms with Crippen LogP contribution in [0.1, 0.15) is 32.6 Å². The van der Waals surface area contributed by atoms with Crippen LogP contribution in [0.5, 0.6) is 0 Å². The molecule has 0 aromatic carbocycles. The van der Waals surface area contributed by atoms with Gasteiger partial charge < -0.3 is 5.11 Å². The van der Waals surface area contributed by atoms with Crippen molar-refractivity contribution in [2.45, 2.75) is 32.6 Å². The smallest absolute Gasteiger partial charge is 0.0462 e. The summed E-state index contributed by atoms with van der Waals surface area (Å²) in [5.74, 6) is 3.53. The van der Waals surface area contributed by atoms with Gasteiger partial charge in [0, 0.05) is 6.61 Å². The van der Waals surface area contributed by atoms with Crippen molar-refractivity contribution >= 4 is 0 Å². The number of rotatable bonds is 2. The molecule has 11 heavy (non-hydrogen) atoms. The lowest BCUT2D eigenvalue weighted by Gasteiger charge is -2.25. The largest absolute Gasteiger partial charge is 0.396 e. The second-order valence-electron chi connectivity index (χ2n) is 4.34. The molecular formula is C10H18O. The van der Waals surface area contributed by atoms with Crippen molar-refractivity contribution < 1.29 is 5.11 Å². The Labute approximate surface area is 68.8 Å². The number of hydrogen-bond donors (Lipinski definition) is 1. The first-order valence-electron chi connectivity index (χ1n) is 4.96. The Kier molecular flexibility index (Phi) is 1.92. The third-order valence-electron chi connectivity index (χ3n) is 3.91. The van der Waals surface area contributed by atoms with Crippen molar-refractivity contribution in [3.8, 4) is 0 Å². The molecule has 64 valence electrons. The van der Waals surface area contributed by atoms with Gasteiger partial charge in [0.2, 0.25) is 0 Å². The van der Waals surface area contributed by atoms with Crippen molar-refractivity contribution in [2.24, 2.45) is 23.7 Å². The fourth-order valence-corrected chi connectivity index (χ4v) is 3.24. The molecule has 1 nitrogen and oxygen atoms in total. The van der Waals surface area contributed by atoms with E-state index in [1.165, 1.54) is 25.7 Å². The van der Waals surface area contributed by atoms with Gasteiger partial charge in [0.25, 0.3) is 0 Å². The zero-order valence-corrected chi connectivity index (χ0v) is 7.29. The maximum atomic E-state index is 9.05. The normalized spacial score (nSPS) is 48.5. The van der Waals surface area contributed by atoms with Gasteiger partial charge in [0.1, 0.15) is 0 Å². The molecule has 0 radical (unpaired) electrons. The first-order valence-corrected chi connectivity index (χ1v) is 4.96. The van der Waals surface area contributed by atoms with Crippen LogP contribution in [0.3, 0.4) is 0 Å². The Bertz CT molecular complexity index is 128. The summed E-state index contributed by atoms with van der Waals surface area (Å²) in [5.41, 5.74) is 0. The average Bonchev–Trinajstić information content (AvgIpc) is 2.60. The van der Waals surface area contributed by atoms with Crippen LogP contribution >= 0.6 is 0 Å². The van der Waals surface area contributed by atoms with Crippen LogP contribution in [0.15, 0.2) is 0 Å². The van der Waals surface area contributed by atoms with Crippen molar-refractivity contribution in [2.75, 3.05) is 6.61 Å². The van der Waals surface area contributed by atoms with Crippen molar-refractivity contribution in [1.29, 1.82) is 0 Å². The first-order chi connectivity index (χ1) is 5.35. The van der Waals surface area contributed by atoms with E-state index < -0.39 is 0 Å². The van der Waals surface area contributed by atoms with E-state index in [9.17, 15) is 0 Å². The molecule has 2 aliphatic rings. The zero-order valence-electron chi connectivity index (χ0n) is 7.29. The SMILES string of the molecule is CC[C@H]1C[C@H]2C[C@@H]1C[C@H]2CO. The minimum Gasteiger partial charge on any atom is -0.396 e. The Morgan fingerprint density at radius 2 is 1.73 bits per heavy atom. The first kappa shape index (κ1) is 7.60. The van der Waals surface area contributed by atoms with Crippen LogP contribution in [-0.2, 0) is 0 Å². The van der Waals surface area contributed by atoms with Gasteiger partial charge in [0.15, 0.2) is 0 Å². The summed E-state index contributed by atoms with van der Waals surface area (Å²) in [6, 6.07) is 0. The van der Waals surface area contributed by atoms with Crippen LogP contribution in [0.4, 0.5) is 0 Å².